The van der Waals surface area contributed by atoms with Gasteiger partial charge in [-0.3, -0.25) is 14.4 Å². The van der Waals surface area contributed by atoms with Crippen LogP contribution in [0.3, 0.4) is 0 Å². The number of rotatable bonds is 14. The van der Waals surface area contributed by atoms with Crippen LogP contribution in [0.1, 0.15) is 57.5 Å². The van der Waals surface area contributed by atoms with Gasteiger partial charge >= 0.3 is 0 Å². The van der Waals surface area contributed by atoms with E-state index in [1.165, 1.54) is 0 Å². The minimum absolute atomic E-state index is 0.115. The third-order valence-corrected chi connectivity index (χ3v) is 13.3. The van der Waals surface area contributed by atoms with E-state index in [9.17, 15) is 10.2 Å². The van der Waals surface area contributed by atoms with Gasteiger partial charge in [0.15, 0.2) is 17.3 Å². The van der Waals surface area contributed by atoms with Crippen LogP contribution < -0.4 is 10.6 Å². The summed E-state index contributed by atoms with van der Waals surface area (Å²) in [7, 11) is 0. The van der Waals surface area contributed by atoms with E-state index in [0.29, 0.717) is 66.3 Å². The van der Waals surface area contributed by atoms with E-state index in [2.05, 4.69) is 10.6 Å². The molecule has 0 spiro atoms. The zero-order chi connectivity index (χ0) is 45.0. The van der Waals surface area contributed by atoms with Gasteiger partial charge in [0.05, 0.1) is 10.8 Å². The number of hydrogen-bond acceptors (Lipinski definition) is 7. The van der Waals surface area contributed by atoms with Gasteiger partial charge in [-0.15, -0.1) is 0 Å². The van der Waals surface area contributed by atoms with Crippen LogP contribution in [0.2, 0.25) is 20.1 Å². The molecule has 0 aromatic heterocycles. The van der Waals surface area contributed by atoms with E-state index in [1.54, 1.807) is 97.1 Å². The Labute approximate surface area is 392 Å². The third-order valence-electron chi connectivity index (χ3n) is 12.4. The topological polar surface area (TPSA) is 116 Å². The molecule has 324 valence electrons. The highest BCUT2D eigenvalue weighted by Gasteiger charge is 2.58. The Morgan fingerprint density at radius 2 is 0.938 bits per heavy atom. The summed E-state index contributed by atoms with van der Waals surface area (Å²) in [4.78, 5) is 47.1. The lowest BCUT2D eigenvalue weighted by Crippen LogP contribution is -2.52. The number of aliphatic hydroxyl groups excluding tert-OH is 2. The quantitative estimate of drug-likeness (QED) is 0.0931. The Morgan fingerprint density at radius 1 is 0.562 bits per heavy atom. The van der Waals surface area contributed by atoms with Crippen LogP contribution in [0, 0.1) is 22.7 Å². The van der Waals surface area contributed by atoms with E-state index in [0.717, 1.165) is 11.1 Å². The fourth-order valence-corrected chi connectivity index (χ4v) is 10.7. The van der Waals surface area contributed by atoms with Crippen molar-refractivity contribution in [2.75, 3.05) is 13.2 Å². The first-order valence-corrected chi connectivity index (χ1v) is 22.5. The van der Waals surface area contributed by atoms with Crippen LogP contribution in [-0.4, -0.2) is 40.8 Å². The largest absolute Gasteiger partial charge is 0.396 e. The molecular formula is C53H44Cl4N2O5. The van der Waals surface area contributed by atoms with Gasteiger partial charge < -0.3 is 20.8 Å². The Hall–Kier alpha value is -5.51. The van der Waals surface area contributed by atoms with Gasteiger partial charge in [0.2, 0.25) is 0 Å². The minimum atomic E-state index is -1.65. The number of allylic oxidation sites excluding steroid dienone is 12. The predicted octanol–water partition coefficient (Wildman–Crippen LogP) is 11.7. The monoisotopic (exact) mass is 928 g/mol. The van der Waals surface area contributed by atoms with Crippen molar-refractivity contribution in [2.24, 2.45) is 22.7 Å². The van der Waals surface area contributed by atoms with Crippen LogP contribution in [0.25, 0.3) is 11.1 Å². The summed E-state index contributed by atoms with van der Waals surface area (Å²) in [5.74, 6) is -2.64. The molecular weight excluding hydrogens is 886 g/mol. The molecule has 4 aromatic carbocycles. The first kappa shape index (κ1) is 45.1. The van der Waals surface area contributed by atoms with Crippen molar-refractivity contribution in [3.63, 3.8) is 0 Å². The van der Waals surface area contributed by atoms with Crippen molar-refractivity contribution in [3.8, 4) is 0 Å². The maximum atomic E-state index is 17.0. The number of benzene rings is 4. The second kappa shape index (κ2) is 19.3. The van der Waals surface area contributed by atoms with Crippen molar-refractivity contribution in [1.29, 1.82) is 0 Å². The molecule has 4 aliphatic rings. The van der Waals surface area contributed by atoms with Gasteiger partial charge in [0, 0.05) is 79.8 Å². The van der Waals surface area contributed by atoms with Crippen molar-refractivity contribution < 1.29 is 24.6 Å². The zero-order valence-electron chi connectivity index (χ0n) is 34.5. The predicted molar refractivity (Wildman–Crippen MR) is 257 cm³/mol. The molecule has 8 rings (SSSR count). The molecule has 0 fully saturated rings. The molecule has 0 saturated heterocycles. The van der Waals surface area contributed by atoms with Gasteiger partial charge in [-0.2, -0.15) is 0 Å². The molecule has 11 heteroatoms. The number of nitrogens with one attached hydrogen (secondary N) is 2. The van der Waals surface area contributed by atoms with E-state index >= 15 is 14.4 Å². The van der Waals surface area contributed by atoms with Crippen molar-refractivity contribution >= 4 is 74.9 Å². The van der Waals surface area contributed by atoms with E-state index < -0.39 is 35.9 Å². The fourth-order valence-electron chi connectivity index (χ4n) is 9.61. The first-order chi connectivity index (χ1) is 31.0. The highest BCUT2D eigenvalue weighted by molar-refractivity contribution is 6.36. The highest BCUT2D eigenvalue weighted by Crippen LogP contribution is 2.58. The molecule has 4 aromatic rings. The molecule has 4 atom stereocenters. The number of ketones is 3. The molecule has 0 radical (unpaired) electrons. The Morgan fingerprint density at radius 3 is 1.27 bits per heavy atom. The second-order valence-electron chi connectivity index (χ2n) is 16.3. The summed E-state index contributed by atoms with van der Waals surface area (Å²) in [6, 6.07) is 27.7. The number of hydrogen-bond donors (Lipinski definition) is 4. The summed E-state index contributed by atoms with van der Waals surface area (Å²) in [5.41, 5.74) is 1.66. The molecule has 0 saturated carbocycles. The second-order valence-corrected chi connectivity index (χ2v) is 18.0. The number of aliphatic hydroxyl groups is 2. The van der Waals surface area contributed by atoms with Crippen LogP contribution in [0.15, 0.2) is 181 Å². The van der Waals surface area contributed by atoms with Crippen LogP contribution >= 0.6 is 46.4 Å². The minimum Gasteiger partial charge on any atom is -0.396 e. The molecule has 4 N–H and O–H groups in total. The zero-order valence-corrected chi connectivity index (χ0v) is 37.6. The lowest BCUT2D eigenvalue weighted by atomic mass is 9.51. The van der Waals surface area contributed by atoms with Crippen molar-refractivity contribution in [3.05, 3.63) is 223 Å². The molecule has 7 nitrogen and oxygen atoms in total. The normalized spacial score (nSPS) is 22.7. The molecule has 2 aliphatic heterocycles. The Bertz CT molecular complexity index is 2540. The van der Waals surface area contributed by atoms with E-state index in [4.69, 9.17) is 46.4 Å². The number of dihydropyridines is 2. The number of halogens is 4. The summed E-state index contributed by atoms with van der Waals surface area (Å²) in [5, 5.41) is 30.3. The van der Waals surface area contributed by atoms with Gasteiger partial charge in [0.25, 0.3) is 0 Å². The van der Waals surface area contributed by atoms with Gasteiger partial charge in [-0.05, 0) is 108 Å². The van der Waals surface area contributed by atoms with Gasteiger partial charge in [0.1, 0.15) is 0 Å². The number of carbonyl (C=O) groups is 3. The lowest BCUT2D eigenvalue weighted by molar-refractivity contribution is -0.139. The van der Waals surface area contributed by atoms with Gasteiger partial charge in [-0.1, -0.05) is 144 Å². The molecule has 0 bridgehead atoms. The SMILES string of the molecule is O=C(C1=CC(CCO)(C(=O)C2(CCO)C=C(C(=O)c3ccccc3)C(c3cc(Cl)cc(Cl)c3)=CC2C2=CNC=CC2)C(C2=CNC=CC2)C=C1c1cc(Cl)cc(Cl)c1)c1ccccc1. The van der Waals surface area contributed by atoms with Crippen LogP contribution in [0.5, 0.6) is 0 Å². The average Bonchev–Trinajstić information content (AvgIpc) is 3.31. The maximum absolute atomic E-state index is 17.0. The molecule has 4 unspecified atom stereocenters. The van der Waals surface area contributed by atoms with Gasteiger partial charge in [-0.25, -0.2) is 0 Å². The summed E-state index contributed by atoms with van der Waals surface area (Å²) < 4.78 is 0. The van der Waals surface area contributed by atoms with E-state index in [-0.39, 0.29) is 41.3 Å². The molecule has 0 amide bonds. The molecule has 64 heavy (non-hydrogen) atoms. The van der Waals surface area contributed by atoms with Crippen LogP contribution in [-0.2, 0) is 4.79 Å². The standard InChI is InChI=1S/C53H44Cl4N2O5/c54-39-21-37(22-40(55)25-39)43-27-47(35-13-7-17-58-31-35)52(15-19-60,29-45(43)49(62)33-9-3-1-4-10-33)51(64)53(16-20-61)30-46(50(63)34-11-5-2-6-12-34)44(38-23-41(56)26-42(57)24-38)28-48(53)36-14-8-18-59-32-36/h1-12,17-18,21-32,47-48,58-61H,13-16,19-20H2. The highest BCUT2D eigenvalue weighted by atomic mass is 35.5. The average molecular weight is 931 g/mol. The first-order valence-electron chi connectivity index (χ1n) is 21.0. The smallest absolute Gasteiger partial charge is 0.193 e. The molecule has 2 aliphatic carbocycles. The molecule has 2 heterocycles. The van der Waals surface area contributed by atoms with E-state index in [1.807, 2.05) is 61.2 Å². The fraction of sp³-hybridized carbons (Fsp3) is 0.189. The number of Topliss-reactive ketones (excluding diaryl/α,β-unsaturated/α-hetero) is 3. The third kappa shape index (κ3) is 8.81. The van der Waals surface area contributed by atoms with Crippen LogP contribution in [0.4, 0.5) is 0 Å². The lowest BCUT2D eigenvalue weighted by Gasteiger charge is -2.50. The van der Waals surface area contributed by atoms with Crippen molar-refractivity contribution in [2.45, 2.75) is 25.7 Å². The summed E-state index contributed by atoms with van der Waals surface area (Å²) in [6.07, 6.45) is 19.1. The Balaban J connectivity index is 1.45. The Kier molecular flexibility index (Phi) is 13.6. The van der Waals surface area contributed by atoms with Crippen molar-refractivity contribution in [1.82, 2.24) is 10.6 Å². The maximum Gasteiger partial charge on any atom is 0.193 e. The summed E-state index contributed by atoms with van der Waals surface area (Å²) in [6.45, 7) is -0.883. The number of carbonyl (C=O) groups excluding carboxylic acids is 3. The summed E-state index contributed by atoms with van der Waals surface area (Å²) >= 11 is 26.5.